The van der Waals surface area contributed by atoms with Gasteiger partial charge in [-0.1, -0.05) is 0 Å². The zero-order valence-electron chi connectivity index (χ0n) is 7.53. The first kappa shape index (κ1) is 8.31. The van der Waals surface area contributed by atoms with Crippen LogP contribution in [0.1, 0.15) is 12.8 Å². The summed E-state index contributed by atoms with van der Waals surface area (Å²) in [5.74, 6) is 6.38. The minimum atomic E-state index is 0.907. The normalized spacial score (nSPS) is 16.2. The highest BCUT2D eigenvalue weighted by Crippen LogP contribution is 2.24. The Bertz CT molecular complexity index is 281. The van der Waals surface area contributed by atoms with Crippen LogP contribution in [0, 0.1) is 0 Å². The lowest BCUT2D eigenvalue weighted by Crippen LogP contribution is -2.21. The summed E-state index contributed by atoms with van der Waals surface area (Å²) in [6, 6.07) is 3.83. The molecule has 0 aliphatic carbocycles. The van der Waals surface area contributed by atoms with Gasteiger partial charge in [0.25, 0.3) is 0 Å². The van der Waals surface area contributed by atoms with Crippen molar-refractivity contribution in [1.82, 2.24) is 4.98 Å². The molecular weight excluding hydrogens is 164 g/mol. The first-order valence-corrected chi connectivity index (χ1v) is 4.58. The second kappa shape index (κ2) is 3.62. The maximum Gasteiger partial charge on any atom is 0.153 e. The fourth-order valence-corrected chi connectivity index (χ4v) is 1.69. The van der Waals surface area contributed by atoms with Crippen LogP contribution in [-0.4, -0.2) is 18.1 Å². The zero-order chi connectivity index (χ0) is 9.10. The average Bonchev–Trinajstić information content (AvgIpc) is 2.70. The predicted octanol–water partition coefficient (Wildman–Crippen LogP) is 0.967. The number of pyridine rings is 1. The van der Waals surface area contributed by atoms with Crippen LogP contribution in [0.3, 0.4) is 0 Å². The summed E-state index contributed by atoms with van der Waals surface area (Å²) in [5, 5.41) is 0. The van der Waals surface area contributed by atoms with E-state index >= 15 is 0 Å². The average molecular weight is 178 g/mol. The first-order valence-electron chi connectivity index (χ1n) is 4.58. The maximum absolute atomic E-state index is 5.40. The number of hydrazine groups is 1. The molecule has 2 heterocycles. The van der Waals surface area contributed by atoms with Gasteiger partial charge in [0.05, 0.1) is 5.69 Å². The minimum Gasteiger partial charge on any atom is -0.355 e. The van der Waals surface area contributed by atoms with E-state index in [1.807, 2.05) is 12.1 Å². The molecule has 4 heteroatoms. The number of hydrogen-bond donors (Lipinski definition) is 2. The Balaban J connectivity index is 2.26. The lowest BCUT2D eigenvalue weighted by Gasteiger charge is -2.18. The molecule has 1 aromatic rings. The molecule has 0 atom stereocenters. The van der Waals surface area contributed by atoms with Gasteiger partial charge < -0.3 is 10.3 Å². The van der Waals surface area contributed by atoms with Crippen LogP contribution >= 0.6 is 0 Å². The van der Waals surface area contributed by atoms with Crippen LogP contribution in [0.5, 0.6) is 0 Å². The molecule has 0 unspecified atom stereocenters. The molecule has 0 radical (unpaired) electrons. The molecule has 1 saturated heterocycles. The molecule has 0 amide bonds. The third-order valence-electron chi connectivity index (χ3n) is 2.35. The van der Waals surface area contributed by atoms with Gasteiger partial charge in [0.1, 0.15) is 0 Å². The van der Waals surface area contributed by atoms with E-state index in [4.69, 9.17) is 5.84 Å². The van der Waals surface area contributed by atoms with E-state index in [0.717, 1.165) is 24.6 Å². The number of nitrogens with two attached hydrogens (primary N) is 1. The lowest BCUT2D eigenvalue weighted by molar-refractivity contribution is 0.937. The predicted molar refractivity (Wildman–Crippen MR) is 53.5 cm³/mol. The van der Waals surface area contributed by atoms with Crippen LogP contribution in [0.25, 0.3) is 0 Å². The van der Waals surface area contributed by atoms with Crippen molar-refractivity contribution in [2.24, 2.45) is 5.84 Å². The quantitative estimate of drug-likeness (QED) is 0.523. The summed E-state index contributed by atoms with van der Waals surface area (Å²) in [5.41, 5.74) is 3.58. The lowest BCUT2D eigenvalue weighted by atomic mass is 10.3. The standard InChI is InChI=1S/C9H14N4/c10-12-8-4-3-5-11-9(8)13-6-1-2-7-13/h3-5,12H,1-2,6-7,10H2. The van der Waals surface area contributed by atoms with Gasteiger partial charge in [-0.25, -0.2) is 4.98 Å². The van der Waals surface area contributed by atoms with Gasteiger partial charge in [0, 0.05) is 19.3 Å². The Morgan fingerprint density at radius 3 is 2.85 bits per heavy atom. The van der Waals surface area contributed by atoms with Crippen LogP contribution in [-0.2, 0) is 0 Å². The van der Waals surface area contributed by atoms with Crippen LogP contribution in [0.4, 0.5) is 11.5 Å². The van der Waals surface area contributed by atoms with Crippen molar-refractivity contribution in [1.29, 1.82) is 0 Å². The second-order valence-corrected chi connectivity index (χ2v) is 3.21. The molecule has 0 bridgehead atoms. The molecule has 0 saturated carbocycles. The molecule has 70 valence electrons. The maximum atomic E-state index is 5.40. The summed E-state index contributed by atoms with van der Waals surface area (Å²) in [7, 11) is 0. The number of nitrogens with one attached hydrogen (secondary N) is 1. The third kappa shape index (κ3) is 1.58. The number of aromatic nitrogens is 1. The van der Waals surface area contributed by atoms with Gasteiger partial charge >= 0.3 is 0 Å². The molecule has 1 aliphatic rings. The molecule has 1 aliphatic heterocycles. The van der Waals surface area contributed by atoms with Crippen molar-refractivity contribution < 1.29 is 0 Å². The van der Waals surface area contributed by atoms with Crippen molar-refractivity contribution in [3.63, 3.8) is 0 Å². The molecule has 0 aromatic carbocycles. The number of anilines is 2. The minimum absolute atomic E-state index is 0.907. The topological polar surface area (TPSA) is 54.2 Å². The van der Waals surface area contributed by atoms with E-state index in [0.29, 0.717) is 0 Å². The number of nitrogen functional groups attached to an aromatic ring is 1. The monoisotopic (exact) mass is 178 g/mol. The molecule has 1 fully saturated rings. The summed E-state index contributed by atoms with van der Waals surface area (Å²) in [4.78, 5) is 6.57. The van der Waals surface area contributed by atoms with Gasteiger partial charge in [-0.2, -0.15) is 0 Å². The Morgan fingerprint density at radius 1 is 1.38 bits per heavy atom. The molecule has 13 heavy (non-hydrogen) atoms. The third-order valence-corrected chi connectivity index (χ3v) is 2.35. The zero-order valence-corrected chi connectivity index (χ0v) is 7.53. The van der Waals surface area contributed by atoms with Crippen molar-refractivity contribution in [3.05, 3.63) is 18.3 Å². The highest BCUT2D eigenvalue weighted by molar-refractivity contribution is 5.64. The van der Waals surface area contributed by atoms with Gasteiger partial charge in [0.15, 0.2) is 5.82 Å². The van der Waals surface area contributed by atoms with E-state index < -0.39 is 0 Å². The molecular formula is C9H14N4. The summed E-state index contributed by atoms with van der Waals surface area (Å²) < 4.78 is 0. The summed E-state index contributed by atoms with van der Waals surface area (Å²) in [6.45, 7) is 2.18. The molecule has 0 spiro atoms. The van der Waals surface area contributed by atoms with Crippen molar-refractivity contribution in [3.8, 4) is 0 Å². The van der Waals surface area contributed by atoms with Crippen molar-refractivity contribution in [2.45, 2.75) is 12.8 Å². The SMILES string of the molecule is NNc1cccnc1N1CCCC1. The van der Waals surface area contributed by atoms with Crippen LogP contribution in [0.2, 0.25) is 0 Å². The van der Waals surface area contributed by atoms with Gasteiger partial charge in [-0.15, -0.1) is 0 Å². The number of hydrogen-bond acceptors (Lipinski definition) is 4. The van der Waals surface area contributed by atoms with Crippen LogP contribution < -0.4 is 16.2 Å². The van der Waals surface area contributed by atoms with E-state index in [-0.39, 0.29) is 0 Å². The largest absolute Gasteiger partial charge is 0.355 e. The second-order valence-electron chi connectivity index (χ2n) is 3.21. The Hall–Kier alpha value is -1.29. The molecule has 1 aromatic heterocycles. The Kier molecular flexibility index (Phi) is 2.31. The fourth-order valence-electron chi connectivity index (χ4n) is 1.69. The van der Waals surface area contributed by atoms with Crippen LogP contribution in [0.15, 0.2) is 18.3 Å². The molecule has 4 nitrogen and oxygen atoms in total. The van der Waals surface area contributed by atoms with Gasteiger partial charge in [-0.05, 0) is 25.0 Å². The summed E-state index contributed by atoms with van der Waals surface area (Å²) in [6.07, 6.45) is 4.30. The first-order chi connectivity index (χ1) is 6.42. The molecule has 2 rings (SSSR count). The van der Waals surface area contributed by atoms with E-state index in [1.54, 1.807) is 6.20 Å². The smallest absolute Gasteiger partial charge is 0.153 e. The van der Waals surface area contributed by atoms with E-state index in [2.05, 4.69) is 15.3 Å². The highest BCUT2D eigenvalue weighted by atomic mass is 15.3. The Labute approximate surface area is 77.7 Å². The number of rotatable bonds is 2. The van der Waals surface area contributed by atoms with Crippen molar-refractivity contribution >= 4 is 11.5 Å². The fraction of sp³-hybridized carbons (Fsp3) is 0.444. The van der Waals surface area contributed by atoms with E-state index in [9.17, 15) is 0 Å². The number of nitrogens with zero attached hydrogens (tertiary/aromatic N) is 2. The van der Waals surface area contributed by atoms with Gasteiger partial charge in [0.2, 0.25) is 0 Å². The van der Waals surface area contributed by atoms with E-state index in [1.165, 1.54) is 12.8 Å². The van der Waals surface area contributed by atoms with Crippen molar-refractivity contribution in [2.75, 3.05) is 23.4 Å². The Morgan fingerprint density at radius 2 is 2.15 bits per heavy atom. The molecule has 3 N–H and O–H groups in total. The van der Waals surface area contributed by atoms with Gasteiger partial charge in [-0.3, -0.25) is 5.84 Å². The summed E-state index contributed by atoms with van der Waals surface area (Å²) >= 11 is 0. The highest BCUT2D eigenvalue weighted by Gasteiger charge is 2.15.